The number of carbonyl (C=O) groups is 1. The van der Waals surface area contributed by atoms with Gasteiger partial charge in [-0.05, 0) is 54.3 Å². The number of aromatic nitrogens is 1. The summed E-state index contributed by atoms with van der Waals surface area (Å²) in [7, 11) is -3.93. The molecule has 0 fully saturated rings. The number of fused-ring (bicyclic) bond motifs is 1. The molecular weight excluding hydrogens is 434 g/mol. The van der Waals surface area contributed by atoms with Gasteiger partial charge in [0.2, 0.25) is 15.9 Å². The molecule has 0 unspecified atom stereocenters. The van der Waals surface area contributed by atoms with Crippen LogP contribution in [0.5, 0.6) is 0 Å². The topological polar surface area (TPSA) is 70.6 Å². The minimum absolute atomic E-state index is 0.0512. The Balaban J connectivity index is 1.65. The lowest BCUT2D eigenvalue weighted by molar-refractivity contribution is -0.119. The Morgan fingerprint density at radius 1 is 1.06 bits per heavy atom. The Hall–Kier alpha value is -2.74. The summed E-state index contributed by atoms with van der Waals surface area (Å²) >= 11 is 5.97. The largest absolute Gasteiger partial charge is 0.311 e. The summed E-state index contributed by atoms with van der Waals surface area (Å²) < 4.78 is 27.9. The van der Waals surface area contributed by atoms with E-state index < -0.39 is 10.0 Å². The van der Waals surface area contributed by atoms with Gasteiger partial charge in [0, 0.05) is 36.2 Å². The highest BCUT2D eigenvalue weighted by Crippen LogP contribution is 2.27. The minimum atomic E-state index is -3.93. The number of para-hydroxylation sites is 1. The van der Waals surface area contributed by atoms with E-state index in [4.69, 9.17) is 11.6 Å². The van der Waals surface area contributed by atoms with E-state index in [9.17, 15) is 13.2 Å². The van der Waals surface area contributed by atoms with Crippen molar-refractivity contribution in [1.82, 2.24) is 9.29 Å². The summed E-state index contributed by atoms with van der Waals surface area (Å²) in [5.74, 6) is -0.256. The summed E-state index contributed by atoms with van der Waals surface area (Å²) in [6.07, 6.45) is 4.56. The molecule has 1 aliphatic rings. The van der Waals surface area contributed by atoms with E-state index in [0.717, 1.165) is 29.7 Å². The highest BCUT2D eigenvalue weighted by molar-refractivity contribution is 7.89. The first-order valence-corrected chi connectivity index (χ1v) is 11.8. The number of halogens is 1. The smallest absolute Gasteiger partial charge is 0.245 e. The molecule has 2 heterocycles. The zero-order valence-electron chi connectivity index (χ0n) is 16.8. The molecule has 1 aliphatic heterocycles. The average molecular weight is 456 g/mol. The fourth-order valence-corrected chi connectivity index (χ4v) is 5.17. The highest BCUT2D eigenvalue weighted by Gasteiger charge is 2.30. The van der Waals surface area contributed by atoms with Crippen LogP contribution in [0.4, 0.5) is 5.69 Å². The first-order valence-electron chi connectivity index (χ1n) is 9.98. The van der Waals surface area contributed by atoms with Gasteiger partial charge >= 0.3 is 0 Å². The molecule has 0 atom stereocenters. The quantitative estimate of drug-likeness (QED) is 0.565. The molecule has 0 saturated carbocycles. The summed E-state index contributed by atoms with van der Waals surface area (Å²) in [6.45, 7) is 0.349. The van der Waals surface area contributed by atoms with Gasteiger partial charge in [0.1, 0.15) is 4.90 Å². The molecule has 0 spiro atoms. The van der Waals surface area contributed by atoms with Gasteiger partial charge in [-0.25, -0.2) is 8.42 Å². The zero-order chi connectivity index (χ0) is 21.8. The Bertz CT molecular complexity index is 1170. The summed E-state index contributed by atoms with van der Waals surface area (Å²) in [6, 6.07) is 17.7. The lowest BCUT2D eigenvalue weighted by Crippen LogP contribution is -2.44. The number of sulfonamides is 1. The number of benzene rings is 2. The van der Waals surface area contributed by atoms with Crippen molar-refractivity contribution in [2.24, 2.45) is 0 Å². The van der Waals surface area contributed by atoms with Crippen molar-refractivity contribution in [3.8, 4) is 0 Å². The molecule has 0 aliphatic carbocycles. The van der Waals surface area contributed by atoms with Crippen molar-refractivity contribution in [2.45, 2.75) is 24.3 Å². The molecule has 0 bridgehead atoms. The molecule has 31 heavy (non-hydrogen) atoms. The van der Waals surface area contributed by atoms with E-state index in [1.807, 2.05) is 24.3 Å². The molecule has 6 nitrogen and oxygen atoms in total. The van der Waals surface area contributed by atoms with E-state index >= 15 is 0 Å². The Morgan fingerprint density at radius 2 is 1.84 bits per heavy atom. The van der Waals surface area contributed by atoms with Crippen LogP contribution in [-0.4, -0.2) is 36.7 Å². The number of rotatable bonds is 6. The van der Waals surface area contributed by atoms with Crippen LogP contribution in [0.2, 0.25) is 5.02 Å². The van der Waals surface area contributed by atoms with Crippen LogP contribution in [0.1, 0.15) is 17.5 Å². The van der Waals surface area contributed by atoms with E-state index in [1.54, 1.807) is 35.2 Å². The number of anilines is 1. The molecule has 0 radical (unpaired) electrons. The highest BCUT2D eigenvalue weighted by atomic mass is 35.5. The SMILES string of the molecule is O=C(CN(Cc1ccc(Cl)cc1)S(=O)(=O)c1cccnc1)N1CCCc2ccccc21. The number of aryl methyl sites for hydroxylation is 1. The van der Waals surface area contributed by atoms with Gasteiger partial charge in [-0.3, -0.25) is 9.78 Å². The van der Waals surface area contributed by atoms with Gasteiger partial charge in [-0.2, -0.15) is 4.31 Å². The summed E-state index contributed by atoms with van der Waals surface area (Å²) in [5, 5.41) is 0.561. The lowest BCUT2D eigenvalue weighted by Gasteiger charge is -2.31. The number of carbonyl (C=O) groups excluding carboxylic acids is 1. The van der Waals surface area contributed by atoms with Crippen LogP contribution in [-0.2, 0) is 27.8 Å². The average Bonchev–Trinajstić information content (AvgIpc) is 2.80. The molecule has 0 saturated heterocycles. The third kappa shape index (κ3) is 4.79. The summed E-state index contributed by atoms with van der Waals surface area (Å²) in [4.78, 5) is 18.9. The van der Waals surface area contributed by atoms with Crippen molar-refractivity contribution in [2.75, 3.05) is 18.0 Å². The second-order valence-electron chi connectivity index (χ2n) is 7.37. The predicted molar refractivity (Wildman–Crippen MR) is 120 cm³/mol. The second-order valence-corrected chi connectivity index (χ2v) is 9.74. The van der Waals surface area contributed by atoms with Gasteiger partial charge in [-0.1, -0.05) is 41.9 Å². The molecule has 1 amide bonds. The number of hydrogen-bond acceptors (Lipinski definition) is 4. The van der Waals surface area contributed by atoms with Crippen LogP contribution in [0.15, 0.2) is 78.0 Å². The standard InChI is InChI=1S/C23H22ClN3O3S/c24-20-11-9-18(10-12-20)16-26(31(29,30)21-7-3-13-25-15-21)17-23(28)27-14-4-6-19-5-1-2-8-22(19)27/h1-3,5,7-13,15H,4,6,14,16-17H2. The normalized spacial score (nSPS) is 13.8. The fraction of sp³-hybridized carbons (Fsp3) is 0.217. The fourth-order valence-electron chi connectivity index (χ4n) is 3.70. The van der Waals surface area contributed by atoms with Crippen LogP contribution < -0.4 is 4.90 Å². The maximum absolute atomic E-state index is 13.4. The molecule has 3 aromatic rings. The molecule has 4 rings (SSSR count). The van der Waals surface area contributed by atoms with Crippen LogP contribution in [0, 0.1) is 0 Å². The number of nitrogens with zero attached hydrogens (tertiary/aromatic N) is 3. The van der Waals surface area contributed by atoms with Crippen molar-refractivity contribution in [3.05, 3.63) is 89.2 Å². The monoisotopic (exact) mass is 455 g/mol. The number of hydrogen-bond donors (Lipinski definition) is 0. The number of amides is 1. The van der Waals surface area contributed by atoms with Crippen molar-refractivity contribution in [3.63, 3.8) is 0 Å². The Labute approximate surface area is 187 Å². The maximum Gasteiger partial charge on any atom is 0.245 e. The van der Waals surface area contributed by atoms with E-state index in [2.05, 4.69) is 4.98 Å². The van der Waals surface area contributed by atoms with Gasteiger partial charge in [-0.15, -0.1) is 0 Å². The predicted octanol–water partition coefficient (Wildman–Crippen LogP) is 3.91. The van der Waals surface area contributed by atoms with Gasteiger partial charge in [0.15, 0.2) is 0 Å². The Morgan fingerprint density at radius 3 is 2.58 bits per heavy atom. The molecule has 1 aromatic heterocycles. The lowest BCUT2D eigenvalue weighted by atomic mass is 10.0. The first kappa shape index (κ1) is 21.5. The van der Waals surface area contributed by atoms with Gasteiger partial charge in [0.25, 0.3) is 0 Å². The summed E-state index contributed by atoms with van der Waals surface area (Å²) in [5.41, 5.74) is 2.69. The van der Waals surface area contributed by atoms with Crippen molar-refractivity contribution in [1.29, 1.82) is 0 Å². The van der Waals surface area contributed by atoms with Crippen LogP contribution in [0.3, 0.4) is 0 Å². The molecule has 160 valence electrons. The Kier molecular flexibility index (Phi) is 6.36. The minimum Gasteiger partial charge on any atom is -0.311 e. The van der Waals surface area contributed by atoms with E-state index in [0.29, 0.717) is 11.6 Å². The van der Waals surface area contributed by atoms with Crippen LogP contribution >= 0.6 is 11.6 Å². The molecule has 8 heteroatoms. The zero-order valence-corrected chi connectivity index (χ0v) is 18.4. The van der Waals surface area contributed by atoms with Gasteiger partial charge < -0.3 is 4.90 Å². The number of pyridine rings is 1. The van der Waals surface area contributed by atoms with Gasteiger partial charge in [0.05, 0.1) is 6.54 Å². The van der Waals surface area contributed by atoms with Crippen LogP contribution in [0.25, 0.3) is 0 Å². The maximum atomic E-state index is 13.4. The van der Waals surface area contributed by atoms with E-state index in [-0.39, 0.29) is 23.9 Å². The second kappa shape index (κ2) is 9.18. The molecular formula is C23H22ClN3O3S. The first-order chi connectivity index (χ1) is 14.9. The molecule has 2 aromatic carbocycles. The molecule has 0 N–H and O–H groups in total. The van der Waals surface area contributed by atoms with Crippen molar-refractivity contribution < 1.29 is 13.2 Å². The van der Waals surface area contributed by atoms with Crippen molar-refractivity contribution >= 4 is 33.2 Å². The third-order valence-corrected chi connectivity index (χ3v) is 7.29. The van der Waals surface area contributed by atoms with E-state index in [1.165, 1.54) is 22.8 Å². The third-order valence-electron chi connectivity index (χ3n) is 5.27.